The van der Waals surface area contributed by atoms with Crippen molar-refractivity contribution >= 4 is 0 Å². The Morgan fingerprint density at radius 2 is 0.963 bits per heavy atom. The highest BCUT2D eigenvalue weighted by molar-refractivity contribution is 5.47. The summed E-state index contributed by atoms with van der Waals surface area (Å²) in [6, 6.07) is 48.7. The number of aryl methyl sites for hydroxylation is 2. The van der Waals surface area contributed by atoms with Gasteiger partial charge in [-0.15, -0.1) is 0 Å². The van der Waals surface area contributed by atoms with E-state index in [1.807, 2.05) is 6.07 Å². The Kier molecular flexibility index (Phi) is 17.9. The normalized spacial score (nSPS) is 12.1. The molecule has 0 spiro atoms. The highest BCUT2D eigenvalue weighted by Crippen LogP contribution is 2.40. The standard InChI is InChI=1S/C51H64O3/c1-3-5-6-7-8-9-10-11-12-13-14-19-28-43-37-38-50(45(4-2)39-43)53-41-49(52-40-44-29-20-15-21-30-44)42-54-51(46-31-22-16-23-32-46,47-33-24-17-25-34-47)48-35-26-18-27-36-48/h15-18,20-27,29-39,49H,3-14,19,28,40-42H2,1-2H3. The largest absolute Gasteiger partial charge is 0.491 e. The first kappa shape index (κ1) is 41.0. The van der Waals surface area contributed by atoms with E-state index >= 15 is 0 Å². The lowest BCUT2D eigenvalue weighted by molar-refractivity contribution is -0.0827. The molecule has 286 valence electrons. The van der Waals surface area contributed by atoms with Crippen molar-refractivity contribution in [3.63, 3.8) is 0 Å². The smallest absolute Gasteiger partial charge is 0.143 e. The molecule has 0 saturated heterocycles. The Bertz CT molecular complexity index is 1590. The number of benzene rings is 5. The van der Waals surface area contributed by atoms with E-state index in [9.17, 15) is 0 Å². The van der Waals surface area contributed by atoms with E-state index in [2.05, 4.69) is 147 Å². The first-order chi connectivity index (χ1) is 26.7. The van der Waals surface area contributed by atoms with Crippen LogP contribution in [0.5, 0.6) is 5.75 Å². The Morgan fingerprint density at radius 3 is 1.46 bits per heavy atom. The average molecular weight is 725 g/mol. The van der Waals surface area contributed by atoms with Gasteiger partial charge in [0.25, 0.3) is 0 Å². The molecule has 0 aliphatic rings. The minimum Gasteiger partial charge on any atom is -0.491 e. The van der Waals surface area contributed by atoms with Gasteiger partial charge in [-0.2, -0.15) is 0 Å². The number of rotatable bonds is 26. The van der Waals surface area contributed by atoms with Gasteiger partial charge in [-0.25, -0.2) is 0 Å². The van der Waals surface area contributed by atoms with Gasteiger partial charge in [-0.3, -0.25) is 0 Å². The summed E-state index contributed by atoms with van der Waals surface area (Å²) in [4.78, 5) is 0. The lowest BCUT2D eigenvalue weighted by atomic mass is 9.80. The summed E-state index contributed by atoms with van der Waals surface area (Å²) in [6.07, 6.45) is 18.2. The van der Waals surface area contributed by atoms with Crippen LogP contribution in [0.2, 0.25) is 0 Å². The van der Waals surface area contributed by atoms with Gasteiger partial charge in [-0.05, 0) is 58.7 Å². The first-order valence-electron chi connectivity index (χ1n) is 20.9. The van der Waals surface area contributed by atoms with E-state index in [0.29, 0.717) is 19.8 Å². The van der Waals surface area contributed by atoms with E-state index in [0.717, 1.165) is 40.8 Å². The Labute approximate surface area is 327 Å². The van der Waals surface area contributed by atoms with Crippen molar-refractivity contribution < 1.29 is 14.2 Å². The molecule has 0 amide bonds. The van der Waals surface area contributed by atoms with Crippen LogP contribution in [0.25, 0.3) is 0 Å². The zero-order valence-electron chi connectivity index (χ0n) is 33.1. The summed E-state index contributed by atoms with van der Waals surface area (Å²) in [7, 11) is 0. The van der Waals surface area contributed by atoms with Crippen LogP contribution < -0.4 is 4.74 Å². The molecule has 0 radical (unpaired) electrons. The third-order valence-electron chi connectivity index (χ3n) is 10.6. The second-order valence-corrected chi connectivity index (χ2v) is 14.8. The number of hydrogen-bond donors (Lipinski definition) is 0. The maximum Gasteiger partial charge on any atom is 0.143 e. The summed E-state index contributed by atoms with van der Waals surface area (Å²) in [5, 5.41) is 0. The molecule has 0 bridgehead atoms. The first-order valence-corrected chi connectivity index (χ1v) is 20.9. The SMILES string of the molecule is CCCCCCCCCCCCCCc1ccc(OCC(COC(c2ccccc2)(c2ccccc2)c2ccccc2)OCc2ccccc2)c(CC)c1. The second-order valence-electron chi connectivity index (χ2n) is 14.8. The molecule has 0 aliphatic heterocycles. The lowest BCUT2D eigenvalue weighted by Gasteiger charge is -2.37. The summed E-state index contributed by atoms with van der Waals surface area (Å²) < 4.78 is 20.5. The Morgan fingerprint density at radius 1 is 0.481 bits per heavy atom. The topological polar surface area (TPSA) is 27.7 Å². The van der Waals surface area contributed by atoms with Crippen molar-refractivity contribution in [1.29, 1.82) is 0 Å². The second kappa shape index (κ2) is 23.6. The Balaban J connectivity index is 1.23. The van der Waals surface area contributed by atoms with Gasteiger partial charge in [0.1, 0.15) is 24.1 Å². The van der Waals surface area contributed by atoms with Crippen molar-refractivity contribution in [3.8, 4) is 5.75 Å². The zero-order chi connectivity index (χ0) is 37.5. The lowest BCUT2D eigenvalue weighted by Crippen LogP contribution is -2.38. The molecule has 3 heteroatoms. The fraction of sp³-hybridized carbons (Fsp3) is 0.412. The highest BCUT2D eigenvalue weighted by atomic mass is 16.6. The summed E-state index contributed by atoms with van der Waals surface area (Å²) >= 11 is 0. The maximum atomic E-state index is 7.21. The van der Waals surface area contributed by atoms with Gasteiger partial charge in [0, 0.05) is 0 Å². The van der Waals surface area contributed by atoms with Crippen molar-refractivity contribution in [2.24, 2.45) is 0 Å². The monoisotopic (exact) mass is 724 g/mol. The molecular weight excluding hydrogens is 661 g/mol. The van der Waals surface area contributed by atoms with Crippen molar-refractivity contribution in [2.75, 3.05) is 13.2 Å². The van der Waals surface area contributed by atoms with E-state index in [-0.39, 0.29) is 6.10 Å². The van der Waals surface area contributed by atoms with E-state index < -0.39 is 5.60 Å². The third kappa shape index (κ3) is 12.7. The summed E-state index contributed by atoms with van der Waals surface area (Å²) in [5.74, 6) is 0.935. The molecule has 5 aromatic rings. The van der Waals surface area contributed by atoms with Crippen LogP contribution in [0, 0.1) is 0 Å². The number of unbranched alkanes of at least 4 members (excludes halogenated alkanes) is 11. The van der Waals surface area contributed by atoms with Gasteiger partial charge < -0.3 is 14.2 Å². The van der Waals surface area contributed by atoms with Gasteiger partial charge in [-0.1, -0.05) is 218 Å². The van der Waals surface area contributed by atoms with E-state index in [4.69, 9.17) is 14.2 Å². The minimum atomic E-state index is -0.831. The molecule has 54 heavy (non-hydrogen) atoms. The summed E-state index contributed by atoms with van der Waals surface area (Å²) in [6.45, 7) is 5.71. The van der Waals surface area contributed by atoms with Crippen LogP contribution in [0.1, 0.15) is 124 Å². The predicted molar refractivity (Wildman–Crippen MR) is 226 cm³/mol. The molecule has 0 N–H and O–H groups in total. The third-order valence-corrected chi connectivity index (χ3v) is 10.6. The van der Waals surface area contributed by atoms with Crippen LogP contribution >= 0.6 is 0 Å². The highest BCUT2D eigenvalue weighted by Gasteiger charge is 2.38. The van der Waals surface area contributed by atoms with Crippen LogP contribution in [0.4, 0.5) is 0 Å². The predicted octanol–water partition coefficient (Wildman–Crippen LogP) is 13.5. The van der Waals surface area contributed by atoms with Crippen LogP contribution in [0.3, 0.4) is 0 Å². The maximum absolute atomic E-state index is 7.21. The van der Waals surface area contributed by atoms with Gasteiger partial charge in [0.2, 0.25) is 0 Å². The molecule has 0 heterocycles. The molecule has 5 aromatic carbocycles. The van der Waals surface area contributed by atoms with Crippen molar-refractivity contribution in [3.05, 3.63) is 173 Å². The molecular formula is C51H64O3. The van der Waals surface area contributed by atoms with Crippen molar-refractivity contribution in [1.82, 2.24) is 0 Å². The quantitative estimate of drug-likeness (QED) is 0.0420. The van der Waals surface area contributed by atoms with Gasteiger partial charge in [0.15, 0.2) is 0 Å². The molecule has 0 aromatic heterocycles. The summed E-state index contributed by atoms with van der Waals surface area (Å²) in [5.41, 5.74) is 6.17. The molecule has 1 unspecified atom stereocenters. The van der Waals surface area contributed by atoms with Gasteiger partial charge in [0.05, 0.1) is 13.2 Å². The molecule has 3 nitrogen and oxygen atoms in total. The number of ether oxygens (including phenoxy) is 3. The van der Waals surface area contributed by atoms with Crippen molar-refractivity contribution in [2.45, 2.75) is 122 Å². The average Bonchev–Trinajstić information content (AvgIpc) is 3.24. The fourth-order valence-electron chi connectivity index (χ4n) is 7.48. The zero-order valence-corrected chi connectivity index (χ0v) is 33.1. The van der Waals surface area contributed by atoms with Crippen LogP contribution in [-0.2, 0) is 34.5 Å². The Hall–Kier alpha value is -4.18. The molecule has 5 rings (SSSR count). The minimum absolute atomic E-state index is 0.314. The van der Waals surface area contributed by atoms with Crippen LogP contribution in [-0.4, -0.2) is 19.3 Å². The molecule has 0 aliphatic carbocycles. The van der Waals surface area contributed by atoms with Gasteiger partial charge >= 0.3 is 0 Å². The van der Waals surface area contributed by atoms with E-state index in [1.54, 1.807) is 0 Å². The molecule has 0 fully saturated rings. The molecule has 0 saturated carbocycles. The number of hydrogen-bond acceptors (Lipinski definition) is 3. The van der Waals surface area contributed by atoms with Crippen LogP contribution in [0.15, 0.2) is 140 Å². The fourth-order valence-corrected chi connectivity index (χ4v) is 7.48. The van der Waals surface area contributed by atoms with E-state index in [1.165, 1.54) is 88.2 Å². The molecule has 1 atom stereocenters.